The van der Waals surface area contributed by atoms with E-state index in [1.807, 2.05) is 41.5 Å². The fraction of sp³-hybridized carbons (Fsp3) is 0.750. The minimum absolute atomic E-state index is 0.00694. The summed E-state index contributed by atoms with van der Waals surface area (Å²) >= 11 is 0. The zero-order valence-electron chi connectivity index (χ0n) is 17.0. The van der Waals surface area contributed by atoms with E-state index in [4.69, 9.17) is 5.11 Å². The molecule has 2 aromatic rings. The Morgan fingerprint density at radius 3 is 1.65 bits per heavy atom. The van der Waals surface area contributed by atoms with Gasteiger partial charge >= 0.3 is 11.7 Å². The number of rotatable bonds is 0. The van der Waals surface area contributed by atoms with Crippen LogP contribution in [-0.4, -0.2) is 41.8 Å². The Hall–Kier alpha value is -2.52. The Bertz CT molecular complexity index is 711. The Morgan fingerprint density at radius 2 is 1.50 bits per heavy atom. The quantitative estimate of drug-likeness (QED) is 0.639. The molecule has 3 N–H and O–H groups in total. The molecule has 0 aliphatic heterocycles. The molecule has 2 heterocycles. The molecule has 10 heteroatoms. The lowest BCUT2D eigenvalue weighted by molar-refractivity contribution is -0.145. The molecule has 0 aliphatic carbocycles. The predicted octanol–water partition coefficient (Wildman–Crippen LogP) is 2.27. The standard InChI is InChI=1S/C6H10N2O2.C5H10N4.C5H10O2/c1-6(2,3)4-7-5(9)10-8-4;1-5(2,3)4-6-8-9-7-4;1-5(2,3)4(6)7/h1-3H3,(H,7,8,9);1-3H3,(H,6,7,8,9);1-3H3,(H,6,7). The predicted molar refractivity (Wildman–Crippen MR) is 95.8 cm³/mol. The third-order valence-corrected chi connectivity index (χ3v) is 2.81. The Morgan fingerprint density at radius 1 is 1.00 bits per heavy atom. The van der Waals surface area contributed by atoms with E-state index in [9.17, 15) is 9.59 Å². The lowest BCUT2D eigenvalue weighted by atomic mass is 9.96. The molecule has 2 rings (SSSR count). The van der Waals surface area contributed by atoms with Crippen molar-refractivity contribution in [3.63, 3.8) is 0 Å². The van der Waals surface area contributed by atoms with E-state index in [0.717, 1.165) is 5.82 Å². The molecule has 26 heavy (non-hydrogen) atoms. The van der Waals surface area contributed by atoms with Gasteiger partial charge in [-0.3, -0.25) is 14.3 Å². The third kappa shape index (κ3) is 9.09. The van der Waals surface area contributed by atoms with Crippen LogP contribution in [0.2, 0.25) is 0 Å². The zero-order chi connectivity index (χ0) is 20.8. The number of tetrazole rings is 1. The van der Waals surface area contributed by atoms with Crippen molar-refractivity contribution in [2.45, 2.75) is 73.1 Å². The minimum Gasteiger partial charge on any atom is -0.481 e. The number of carboxylic acids is 1. The number of aromatic amines is 2. The van der Waals surface area contributed by atoms with E-state index in [0.29, 0.717) is 5.82 Å². The molecule has 0 bridgehead atoms. The highest BCUT2D eigenvalue weighted by atomic mass is 16.5. The average molecular weight is 370 g/mol. The molecule has 0 radical (unpaired) electrons. The summed E-state index contributed by atoms with van der Waals surface area (Å²) in [5, 5.41) is 25.3. The Kier molecular flexibility index (Phi) is 7.88. The summed E-state index contributed by atoms with van der Waals surface area (Å²) in [7, 11) is 0. The number of nitrogens with one attached hydrogen (secondary N) is 2. The summed E-state index contributed by atoms with van der Waals surface area (Å²) in [5.41, 5.74) is -0.723. The van der Waals surface area contributed by atoms with Crippen LogP contribution in [0.3, 0.4) is 0 Å². The largest absolute Gasteiger partial charge is 0.481 e. The van der Waals surface area contributed by atoms with Crippen molar-refractivity contribution in [3.05, 3.63) is 22.2 Å². The normalized spacial score (nSPS) is 11.7. The number of aliphatic carboxylic acids is 1. The number of hydrogen-bond donors (Lipinski definition) is 3. The van der Waals surface area contributed by atoms with Crippen molar-refractivity contribution in [2.75, 3.05) is 0 Å². The van der Waals surface area contributed by atoms with Gasteiger partial charge in [0.25, 0.3) is 0 Å². The third-order valence-electron chi connectivity index (χ3n) is 2.81. The van der Waals surface area contributed by atoms with Crippen molar-refractivity contribution in [3.8, 4) is 0 Å². The van der Waals surface area contributed by atoms with Crippen LogP contribution in [0.5, 0.6) is 0 Å². The highest BCUT2D eigenvalue weighted by Gasteiger charge is 2.19. The maximum Gasteiger partial charge on any atom is 0.438 e. The van der Waals surface area contributed by atoms with Crippen LogP contribution in [-0.2, 0) is 15.6 Å². The topological polar surface area (TPSA) is 151 Å². The summed E-state index contributed by atoms with van der Waals surface area (Å²) in [6.45, 7) is 16.9. The second-order valence-corrected chi connectivity index (χ2v) is 8.73. The first kappa shape index (κ1) is 23.5. The number of hydrogen-bond acceptors (Lipinski definition) is 7. The molecule has 0 atom stereocenters. The van der Waals surface area contributed by atoms with Crippen LogP contribution in [0, 0.1) is 5.41 Å². The molecular formula is C16H30N6O4. The van der Waals surface area contributed by atoms with Gasteiger partial charge in [-0.2, -0.15) is 5.21 Å². The second kappa shape index (κ2) is 8.72. The van der Waals surface area contributed by atoms with Gasteiger partial charge in [-0.05, 0) is 20.8 Å². The van der Waals surface area contributed by atoms with Gasteiger partial charge in [-0.15, -0.1) is 10.2 Å². The molecule has 0 unspecified atom stereocenters. The minimum atomic E-state index is -0.757. The van der Waals surface area contributed by atoms with Gasteiger partial charge in [0, 0.05) is 10.8 Å². The number of carboxylic acid groups (broad SMARTS) is 1. The highest BCUT2D eigenvalue weighted by Crippen LogP contribution is 2.16. The van der Waals surface area contributed by atoms with E-state index < -0.39 is 17.1 Å². The zero-order valence-corrected chi connectivity index (χ0v) is 17.0. The number of aromatic nitrogens is 6. The summed E-state index contributed by atoms with van der Waals surface area (Å²) in [6.07, 6.45) is 0. The first-order valence-corrected chi connectivity index (χ1v) is 8.09. The van der Waals surface area contributed by atoms with Gasteiger partial charge in [0.05, 0.1) is 5.41 Å². The smallest absolute Gasteiger partial charge is 0.438 e. The van der Waals surface area contributed by atoms with Gasteiger partial charge in [-0.25, -0.2) is 4.79 Å². The molecular weight excluding hydrogens is 340 g/mol. The van der Waals surface area contributed by atoms with Gasteiger partial charge in [0.2, 0.25) is 0 Å². The Labute approximate surface area is 152 Å². The summed E-state index contributed by atoms with van der Waals surface area (Å²) in [6, 6.07) is 0. The van der Waals surface area contributed by atoms with Crippen LogP contribution >= 0.6 is 0 Å². The second-order valence-electron chi connectivity index (χ2n) is 8.73. The number of nitrogens with zero attached hydrogens (tertiary/aromatic N) is 4. The van der Waals surface area contributed by atoms with Crippen molar-refractivity contribution in [2.24, 2.45) is 5.41 Å². The first-order valence-electron chi connectivity index (χ1n) is 8.09. The molecule has 0 aromatic carbocycles. The lowest BCUT2D eigenvalue weighted by Gasteiger charge is -2.11. The summed E-state index contributed by atoms with van der Waals surface area (Å²) < 4.78 is 4.33. The molecule has 0 spiro atoms. The molecule has 0 saturated carbocycles. The molecule has 10 nitrogen and oxygen atoms in total. The van der Waals surface area contributed by atoms with Crippen LogP contribution < -0.4 is 5.76 Å². The van der Waals surface area contributed by atoms with Crippen molar-refractivity contribution in [1.29, 1.82) is 0 Å². The lowest BCUT2D eigenvalue weighted by Crippen LogP contribution is -2.18. The number of H-pyrrole nitrogens is 2. The van der Waals surface area contributed by atoms with E-state index in [-0.39, 0.29) is 10.8 Å². The highest BCUT2D eigenvalue weighted by molar-refractivity contribution is 5.72. The molecule has 2 aromatic heterocycles. The van der Waals surface area contributed by atoms with E-state index >= 15 is 0 Å². The van der Waals surface area contributed by atoms with Crippen LogP contribution in [0.4, 0.5) is 0 Å². The maximum atomic E-state index is 10.5. The van der Waals surface area contributed by atoms with Gasteiger partial charge in [-0.1, -0.05) is 51.9 Å². The van der Waals surface area contributed by atoms with E-state index in [1.165, 1.54) is 0 Å². The van der Waals surface area contributed by atoms with Crippen molar-refractivity contribution in [1.82, 2.24) is 30.8 Å². The molecule has 0 fully saturated rings. The fourth-order valence-electron chi connectivity index (χ4n) is 1.03. The van der Waals surface area contributed by atoms with Gasteiger partial charge in [0.15, 0.2) is 11.6 Å². The van der Waals surface area contributed by atoms with E-state index in [2.05, 4.69) is 35.3 Å². The fourth-order valence-corrected chi connectivity index (χ4v) is 1.03. The van der Waals surface area contributed by atoms with Crippen LogP contribution in [0.15, 0.2) is 9.32 Å². The Balaban J connectivity index is 0.000000368. The monoisotopic (exact) mass is 370 g/mol. The SMILES string of the molecule is CC(C)(C)C(=O)O.CC(C)(C)c1nn[nH]n1.CC(C)(C)c1noc(=O)[nH]1. The molecule has 0 amide bonds. The average Bonchev–Trinajstić information content (AvgIpc) is 3.07. The molecule has 148 valence electrons. The van der Waals surface area contributed by atoms with Crippen LogP contribution in [0.25, 0.3) is 0 Å². The van der Waals surface area contributed by atoms with Crippen molar-refractivity contribution < 1.29 is 14.4 Å². The maximum absolute atomic E-state index is 10.5. The number of carbonyl (C=O) groups is 1. The van der Waals surface area contributed by atoms with E-state index in [1.54, 1.807) is 20.8 Å². The van der Waals surface area contributed by atoms with Crippen LogP contribution in [0.1, 0.15) is 74.0 Å². The van der Waals surface area contributed by atoms with Gasteiger partial charge in [0.1, 0.15) is 0 Å². The van der Waals surface area contributed by atoms with Gasteiger partial charge < -0.3 is 5.11 Å². The van der Waals surface area contributed by atoms with Crippen molar-refractivity contribution >= 4 is 5.97 Å². The summed E-state index contributed by atoms with van der Waals surface area (Å²) in [4.78, 5) is 23.0. The summed E-state index contributed by atoms with van der Waals surface area (Å²) in [5.74, 6) is 0.0809. The molecule has 0 aliphatic rings. The molecule has 0 saturated heterocycles. The first-order chi connectivity index (χ1) is 11.5.